The molecular formula is C17H14Cl2F3NO4S. The van der Waals surface area contributed by atoms with Gasteiger partial charge in [0.2, 0.25) is 5.91 Å². The Kier molecular flexibility index (Phi) is 7.19. The highest BCUT2D eigenvalue weighted by Gasteiger charge is 2.29. The van der Waals surface area contributed by atoms with Crippen LogP contribution in [0.4, 0.5) is 18.9 Å². The van der Waals surface area contributed by atoms with E-state index in [2.05, 4.69) is 10.1 Å². The first-order valence-electron chi connectivity index (χ1n) is 7.73. The summed E-state index contributed by atoms with van der Waals surface area (Å²) in [6.45, 7) is -1.55. The Morgan fingerprint density at radius 1 is 1.04 bits per heavy atom. The summed E-state index contributed by atoms with van der Waals surface area (Å²) < 4.78 is 66.2. The molecule has 152 valence electrons. The predicted molar refractivity (Wildman–Crippen MR) is 99.8 cm³/mol. The molecule has 1 amide bonds. The number of hydrogen-bond donors (Lipinski definition) is 1. The zero-order valence-corrected chi connectivity index (χ0v) is 16.4. The summed E-state index contributed by atoms with van der Waals surface area (Å²) in [7, 11) is -3.74. The molecule has 0 bridgehead atoms. The number of halogens is 5. The van der Waals surface area contributed by atoms with Crippen LogP contribution in [0, 0.1) is 0 Å². The minimum atomic E-state index is -4.56. The number of hydrogen-bond acceptors (Lipinski definition) is 4. The molecule has 0 radical (unpaired) electrons. The Morgan fingerprint density at radius 3 is 2.25 bits per heavy atom. The fraction of sp³-hybridized carbons (Fsp3) is 0.235. The van der Waals surface area contributed by atoms with Crippen molar-refractivity contribution in [3.05, 3.63) is 52.5 Å². The van der Waals surface area contributed by atoms with E-state index >= 15 is 0 Å². The molecule has 0 aromatic heterocycles. The van der Waals surface area contributed by atoms with E-state index in [0.29, 0.717) is 5.02 Å². The smallest absolute Gasteiger partial charge is 0.422 e. The van der Waals surface area contributed by atoms with Crippen LogP contribution in [0.25, 0.3) is 0 Å². The molecule has 2 aromatic carbocycles. The Morgan fingerprint density at radius 2 is 1.64 bits per heavy atom. The van der Waals surface area contributed by atoms with Gasteiger partial charge in [0.25, 0.3) is 0 Å². The topological polar surface area (TPSA) is 72.5 Å². The standard InChI is InChI=1S/C17H14Cl2F3NO4S/c18-11-1-4-13(5-2-11)28(25,26)8-7-16(24)23-14-9-12(19)3-6-15(14)27-10-17(20,21)22/h1-6,9H,7-8,10H2,(H,23,24). The summed E-state index contributed by atoms with van der Waals surface area (Å²) >= 11 is 11.5. The first kappa shape index (κ1) is 22.3. The van der Waals surface area contributed by atoms with Crippen LogP contribution in [0.5, 0.6) is 5.75 Å². The minimum Gasteiger partial charge on any atom is -0.482 e. The lowest BCUT2D eigenvalue weighted by atomic mass is 10.3. The van der Waals surface area contributed by atoms with Crippen LogP contribution in [-0.4, -0.2) is 32.9 Å². The summed E-state index contributed by atoms with van der Waals surface area (Å²) in [5.41, 5.74) is -0.0920. The third kappa shape index (κ3) is 6.88. The van der Waals surface area contributed by atoms with E-state index in [1.807, 2.05) is 0 Å². The first-order chi connectivity index (χ1) is 13.0. The first-order valence-corrected chi connectivity index (χ1v) is 10.1. The van der Waals surface area contributed by atoms with E-state index in [4.69, 9.17) is 23.2 Å². The van der Waals surface area contributed by atoms with Gasteiger partial charge in [-0.1, -0.05) is 23.2 Å². The lowest BCUT2D eigenvalue weighted by Gasteiger charge is -2.14. The van der Waals surface area contributed by atoms with E-state index < -0.39 is 40.7 Å². The zero-order valence-electron chi connectivity index (χ0n) is 14.1. The second-order valence-electron chi connectivity index (χ2n) is 5.62. The fourth-order valence-electron chi connectivity index (χ4n) is 2.08. The molecule has 0 aliphatic rings. The Bertz CT molecular complexity index is 948. The molecule has 0 saturated carbocycles. The maximum atomic E-state index is 12.3. The molecule has 2 rings (SSSR count). The molecule has 11 heteroatoms. The van der Waals surface area contributed by atoms with Gasteiger partial charge in [-0.2, -0.15) is 13.2 Å². The number of benzene rings is 2. The van der Waals surface area contributed by atoms with E-state index in [0.717, 1.165) is 0 Å². The molecule has 0 heterocycles. The minimum absolute atomic E-state index is 0.00153. The largest absolute Gasteiger partial charge is 0.482 e. The highest BCUT2D eigenvalue weighted by atomic mass is 35.5. The second kappa shape index (κ2) is 9.02. The summed E-state index contributed by atoms with van der Waals surface area (Å²) in [5.74, 6) is -1.47. The quantitative estimate of drug-likeness (QED) is 0.654. The molecule has 0 aliphatic heterocycles. The average molecular weight is 456 g/mol. The number of ether oxygens (including phenoxy) is 1. The van der Waals surface area contributed by atoms with Crippen LogP contribution < -0.4 is 10.1 Å². The molecule has 0 atom stereocenters. The molecule has 2 aromatic rings. The predicted octanol–water partition coefficient (Wildman–Crippen LogP) is 4.74. The molecule has 0 unspecified atom stereocenters. The van der Waals surface area contributed by atoms with E-state index in [-0.39, 0.29) is 21.4 Å². The van der Waals surface area contributed by atoms with Crippen molar-refractivity contribution >= 4 is 44.6 Å². The maximum absolute atomic E-state index is 12.3. The fourth-order valence-corrected chi connectivity index (χ4v) is 3.62. The number of rotatable bonds is 7. The van der Waals surface area contributed by atoms with Crippen LogP contribution in [-0.2, 0) is 14.6 Å². The lowest BCUT2D eigenvalue weighted by Crippen LogP contribution is -2.21. The molecule has 0 fully saturated rings. The van der Waals surface area contributed by atoms with Gasteiger partial charge in [0.1, 0.15) is 5.75 Å². The number of carbonyl (C=O) groups is 1. The van der Waals surface area contributed by atoms with Gasteiger partial charge in [-0.05, 0) is 42.5 Å². The van der Waals surface area contributed by atoms with Crippen LogP contribution in [0.2, 0.25) is 10.0 Å². The van der Waals surface area contributed by atoms with Gasteiger partial charge >= 0.3 is 6.18 Å². The van der Waals surface area contributed by atoms with E-state index in [9.17, 15) is 26.4 Å². The number of carbonyl (C=O) groups excluding carboxylic acids is 1. The molecular weight excluding hydrogens is 442 g/mol. The zero-order chi connectivity index (χ0) is 20.9. The Hall–Kier alpha value is -1.97. The van der Waals surface area contributed by atoms with Gasteiger partial charge in [-0.15, -0.1) is 0 Å². The third-order valence-electron chi connectivity index (χ3n) is 3.38. The van der Waals surface area contributed by atoms with Gasteiger partial charge in [0.05, 0.1) is 16.3 Å². The average Bonchev–Trinajstić information content (AvgIpc) is 2.59. The second-order valence-corrected chi connectivity index (χ2v) is 8.60. The van der Waals surface area contributed by atoms with Gasteiger partial charge in [-0.25, -0.2) is 8.42 Å². The van der Waals surface area contributed by atoms with Crippen molar-refractivity contribution in [2.45, 2.75) is 17.5 Å². The van der Waals surface area contributed by atoms with Crippen LogP contribution in [0.3, 0.4) is 0 Å². The molecule has 5 nitrogen and oxygen atoms in total. The summed E-state index contributed by atoms with van der Waals surface area (Å²) in [4.78, 5) is 12.1. The van der Waals surface area contributed by atoms with Crippen LogP contribution in [0.1, 0.15) is 6.42 Å². The van der Waals surface area contributed by atoms with Crippen molar-refractivity contribution < 1.29 is 31.1 Å². The highest BCUT2D eigenvalue weighted by molar-refractivity contribution is 7.91. The monoisotopic (exact) mass is 455 g/mol. The van der Waals surface area contributed by atoms with Crippen molar-refractivity contribution in [3.63, 3.8) is 0 Å². The summed E-state index contributed by atoms with van der Waals surface area (Å²) in [6.07, 6.45) is -4.98. The molecule has 0 saturated heterocycles. The van der Waals surface area contributed by atoms with Crippen LogP contribution in [0.15, 0.2) is 47.4 Å². The SMILES string of the molecule is O=C(CCS(=O)(=O)c1ccc(Cl)cc1)Nc1cc(Cl)ccc1OCC(F)(F)F. The number of nitrogens with one attached hydrogen (secondary N) is 1. The lowest BCUT2D eigenvalue weighted by molar-refractivity contribution is -0.153. The van der Waals surface area contributed by atoms with Crippen LogP contribution >= 0.6 is 23.2 Å². The van der Waals surface area contributed by atoms with E-state index in [1.54, 1.807) is 0 Å². The van der Waals surface area contributed by atoms with Gasteiger partial charge < -0.3 is 10.1 Å². The van der Waals surface area contributed by atoms with Gasteiger partial charge in [-0.3, -0.25) is 4.79 Å². The maximum Gasteiger partial charge on any atom is 0.422 e. The summed E-state index contributed by atoms with van der Waals surface area (Å²) in [5, 5.41) is 2.84. The number of anilines is 1. The molecule has 0 spiro atoms. The molecule has 1 N–H and O–H groups in total. The van der Waals surface area contributed by atoms with Gasteiger partial charge in [0.15, 0.2) is 16.4 Å². The van der Waals surface area contributed by atoms with Gasteiger partial charge in [0, 0.05) is 16.5 Å². The van der Waals surface area contributed by atoms with Crippen molar-refractivity contribution in [1.29, 1.82) is 0 Å². The molecule has 28 heavy (non-hydrogen) atoms. The number of alkyl halides is 3. The van der Waals surface area contributed by atoms with E-state index in [1.165, 1.54) is 42.5 Å². The van der Waals surface area contributed by atoms with Crippen molar-refractivity contribution in [3.8, 4) is 5.75 Å². The third-order valence-corrected chi connectivity index (χ3v) is 5.60. The Labute approximate surface area is 169 Å². The number of amides is 1. The number of sulfone groups is 1. The highest BCUT2D eigenvalue weighted by Crippen LogP contribution is 2.30. The normalized spacial score (nSPS) is 11.9. The summed E-state index contributed by atoms with van der Waals surface area (Å²) in [6, 6.07) is 9.13. The van der Waals surface area contributed by atoms with Crippen molar-refractivity contribution in [2.24, 2.45) is 0 Å². The molecule has 0 aliphatic carbocycles. The Balaban J connectivity index is 2.04. The van der Waals surface area contributed by atoms with Crippen molar-refractivity contribution in [2.75, 3.05) is 17.7 Å². The van der Waals surface area contributed by atoms with Crippen molar-refractivity contribution in [1.82, 2.24) is 0 Å².